The monoisotopic (exact) mass is 528 g/mol. The van der Waals surface area contributed by atoms with Gasteiger partial charge >= 0.3 is 5.97 Å². The molecule has 0 radical (unpaired) electrons. The van der Waals surface area contributed by atoms with Gasteiger partial charge in [0, 0.05) is 23.6 Å². The maximum atomic E-state index is 13.4. The fourth-order valence-electron chi connectivity index (χ4n) is 4.70. The Hall–Kier alpha value is -4.46. The van der Waals surface area contributed by atoms with Gasteiger partial charge in [0.25, 0.3) is 11.7 Å². The number of ketones is 1. The number of hydrogen-bond acceptors (Lipinski definition) is 7. The summed E-state index contributed by atoms with van der Waals surface area (Å²) in [6.45, 7) is 8.47. The first-order valence-corrected chi connectivity index (χ1v) is 13.0. The van der Waals surface area contributed by atoms with Gasteiger partial charge in [-0.15, -0.1) is 0 Å². The number of rotatable bonds is 9. The molecule has 1 aliphatic rings. The molecule has 39 heavy (non-hydrogen) atoms. The van der Waals surface area contributed by atoms with E-state index in [2.05, 4.69) is 4.98 Å². The molecular formula is C31H32N2O6. The molecule has 1 fully saturated rings. The summed E-state index contributed by atoms with van der Waals surface area (Å²) in [5, 5.41) is 11.5. The van der Waals surface area contributed by atoms with Crippen molar-refractivity contribution in [3.05, 3.63) is 94.8 Å². The predicted molar refractivity (Wildman–Crippen MR) is 147 cm³/mol. The molecule has 2 aromatic carbocycles. The van der Waals surface area contributed by atoms with Gasteiger partial charge in [0.1, 0.15) is 11.5 Å². The van der Waals surface area contributed by atoms with Crippen molar-refractivity contribution in [2.75, 3.05) is 18.1 Å². The third-order valence-electron chi connectivity index (χ3n) is 6.54. The largest absolute Gasteiger partial charge is 0.507 e. The van der Waals surface area contributed by atoms with Crippen molar-refractivity contribution in [1.29, 1.82) is 0 Å². The quantitative estimate of drug-likeness (QED) is 0.173. The Kier molecular flexibility index (Phi) is 8.44. The van der Waals surface area contributed by atoms with E-state index in [1.165, 1.54) is 4.90 Å². The summed E-state index contributed by atoms with van der Waals surface area (Å²) in [6, 6.07) is 14.6. The maximum absolute atomic E-state index is 13.4. The molecule has 1 unspecified atom stereocenters. The molecule has 1 saturated heterocycles. The number of carbonyl (C=O) groups excluding carboxylic acids is 3. The summed E-state index contributed by atoms with van der Waals surface area (Å²) in [5.74, 6) is -1.35. The molecule has 1 N–H and O–H groups in total. The van der Waals surface area contributed by atoms with Gasteiger partial charge < -0.3 is 14.6 Å². The highest BCUT2D eigenvalue weighted by molar-refractivity contribution is 6.51. The van der Waals surface area contributed by atoms with Crippen LogP contribution in [-0.4, -0.2) is 41.0 Å². The standard InChI is InChI=1S/C31H32N2O6/c1-5-38-25-12-9-22(18-24(25)19(3)4)29(35)27-28(21-13-15-32-16-14-21)33(31(37)30(27)36)23-10-7-20(8-11-23)17-26(34)39-6-2/h7-16,18-19,28,35H,5-6,17H2,1-4H3/b29-27-. The summed E-state index contributed by atoms with van der Waals surface area (Å²) < 4.78 is 10.8. The molecule has 1 aliphatic heterocycles. The lowest BCUT2D eigenvalue weighted by atomic mass is 9.93. The van der Waals surface area contributed by atoms with E-state index in [1.54, 1.807) is 73.9 Å². The van der Waals surface area contributed by atoms with E-state index in [-0.39, 0.29) is 29.6 Å². The SMILES string of the molecule is CCOC(=O)Cc1ccc(N2C(=O)C(=O)/C(=C(\O)c3ccc(OCC)c(C(C)C)c3)C2c2ccncc2)cc1. The van der Waals surface area contributed by atoms with E-state index in [4.69, 9.17) is 9.47 Å². The number of ether oxygens (including phenoxy) is 2. The number of hydrogen-bond donors (Lipinski definition) is 1. The van der Waals surface area contributed by atoms with Gasteiger partial charge in [0.15, 0.2) is 0 Å². The topological polar surface area (TPSA) is 106 Å². The second-order valence-corrected chi connectivity index (χ2v) is 9.44. The zero-order chi connectivity index (χ0) is 28.1. The summed E-state index contributed by atoms with van der Waals surface area (Å²) in [5.41, 5.74) is 3.08. The van der Waals surface area contributed by atoms with Crippen molar-refractivity contribution >= 4 is 29.1 Å². The van der Waals surface area contributed by atoms with Crippen LogP contribution in [0.3, 0.4) is 0 Å². The number of aliphatic hydroxyl groups excluding tert-OH is 1. The van der Waals surface area contributed by atoms with Crippen molar-refractivity contribution in [3.8, 4) is 5.75 Å². The van der Waals surface area contributed by atoms with Gasteiger partial charge in [-0.2, -0.15) is 0 Å². The minimum atomic E-state index is -0.877. The third kappa shape index (κ3) is 5.70. The highest BCUT2D eigenvalue weighted by Gasteiger charge is 2.47. The van der Waals surface area contributed by atoms with Crippen molar-refractivity contribution in [3.63, 3.8) is 0 Å². The Bertz CT molecular complexity index is 1400. The highest BCUT2D eigenvalue weighted by Crippen LogP contribution is 2.42. The van der Waals surface area contributed by atoms with Gasteiger partial charge in [-0.1, -0.05) is 26.0 Å². The smallest absolute Gasteiger partial charge is 0.310 e. The van der Waals surface area contributed by atoms with E-state index in [0.717, 1.165) is 5.56 Å². The molecule has 2 heterocycles. The van der Waals surface area contributed by atoms with E-state index in [0.29, 0.717) is 41.3 Å². The number of amides is 1. The average Bonchev–Trinajstić information content (AvgIpc) is 3.19. The van der Waals surface area contributed by atoms with Crippen LogP contribution in [-0.2, 0) is 25.5 Å². The number of carbonyl (C=O) groups is 3. The second kappa shape index (κ2) is 11.9. The van der Waals surface area contributed by atoms with Gasteiger partial charge in [0.2, 0.25) is 0 Å². The molecule has 3 aromatic rings. The van der Waals surface area contributed by atoms with Gasteiger partial charge in [-0.25, -0.2) is 0 Å². The number of esters is 1. The number of pyridine rings is 1. The van der Waals surface area contributed by atoms with E-state index >= 15 is 0 Å². The average molecular weight is 529 g/mol. The molecule has 202 valence electrons. The third-order valence-corrected chi connectivity index (χ3v) is 6.54. The van der Waals surface area contributed by atoms with Crippen LogP contribution in [0.4, 0.5) is 5.69 Å². The van der Waals surface area contributed by atoms with Crippen LogP contribution >= 0.6 is 0 Å². The lowest BCUT2D eigenvalue weighted by Gasteiger charge is -2.25. The molecule has 8 nitrogen and oxygen atoms in total. The lowest BCUT2D eigenvalue weighted by Crippen LogP contribution is -2.29. The number of benzene rings is 2. The highest BCUT2D eigenvalue weighted by atomic mass is 16.5. The fourth-order valence-corrected chi connectivity index (χ4v) is 4.70. The first-order chi connectivity index (χ1) is 18.8. The number of anilines is 1. The first kappa shape index (κ1) is 27.6. The zero-order valence-electron chi connectivity index (χ0n) is 22.5. The van der Waals surface area contributed by atoms with Crippen molar-refractivity contribution in [1.82, 2.24) is 4.98 Å². The van der Waals surface area contributed by atoms with Crippen molar-refractivity contribution in [2.45, 2.75) is 46.1 Å². The van der Waals surface area contributed by atoms with Crippen molar-refractivity contribution in [2.24, 2.45) is 0 Å². The van der Waals surface area contributed by atoms with Crippen LogP contribution in [0.25, 0.3) is 5.76 Å². The normalized spacial score (nSPS) is 16.5. The molecule has 1 amide bonds. The van der Waals surface area contributed by atoms with Crippen LogP contribution in [0.1, 0.15) is 61.9 Å². The second-order valence-electron chi connectivity index (χ2n) is 9.44. The minimum absolute atomic E-state index is 0.0133. The molecule has 8 heteroatoms. The number of nitrogens with zero attached hydrogens (tertiary/aromatic N) is 2. The van der Waals surface area contributed by atoms with Gasteiger partial charge in [-0.3, -0.25) is 24.3 Å². The maximum Gasteiger partial charge on any atom is 0.310 e. The molecular weight excluding hydrogens is 496 g/mol. The Morgan fingerprint density at radius 1 is 1.00 bits per heavy atom. The summed E-state index contributed by atoms with van der Waals surface area (Å²) in [4.78, 5) is 44.2. The molecule has 4 rings (SSSR count). The molecule has 0 saturated carbocycles. The van der Waals surface area contributed by atoms with Crippen molar-refractivity contribution < 1.29 is 29.0 Å². The van der Waals surface area contributed by atoms with Crippen LogP contribution in [0.15, 0.2) is 72.6 Å². The molecule has 0 bridgehead atoms. The summed E-state index contributed by atoms with van der Waals surface area (Å²) >= 11 is 0. The Labute approximate surface area is 227 Å². The lowest BCUT2D eigenvalue weighted by molar-refractivity contribution is -0.142. The Morgan fingerprint density at radius 3 is 2.31 bits per heavy atom. The minimum Gasteiger partial charge on any atom is -0.507 e. The molecule has 0 spiro atoms. The Morgan fingerprint density at radius 2 is 1.69 bits per heavy atom. The fraction of sp³-hybridized carbons (Fsp3) is 0.290. The predicted octanol–water partition coefficient (Wildman–Crippen LogP) is 5.34. The Balaban J connectivity index is 1.81. The molecule has 0 aliphatic carbocycles. The number of Topliss-reactive ketones (excluding diaryl/α,β-unsaturated/α-hetero) is 1. The zero-order valence-corrected chi connectivity index (χ0v) is 22.5. The first-order valence-electron chi connectivity index (χ1n) is 13.0. The number of aromatic nitrogens is 1. The van der Waals surface area contributed by atoms with Crippen LogP contribution in [0.5, 0.6) is 5.75 Å². The number of aliphatic hydroxyl groups is 1. The van der Waals surface area contributed by atoms with Crippen LogP contribution < -0.4 is 9.64 Å². The van der Waals surface area contributed by atoms with Gasteiger partial charge in [0.05, 0.1) is 31.2 Å². The van der Waals surface area contributed by atoms with E-state index in [9.17, 15) is 19.5 Å². The summed E-state index contributed by atoms with van der Waals surface area (Å²) in [6.07, 6.45) is 3.24. The van der Waals surface area contributed by atoms with E-state index < -0.39 is 17.7 Å². The molecule has 1 atom stereocenters. The van der Waals surface area contributed by atoms with Gasteiger partial charge in [-0.05, 0) is 78.9 Å². The molecule has 1 aromatic heterocycles. The van der Waals surface area contributed by atoms with Crippen LogP contribution in [0, 0.1) is 0 Å². The van der Waals surface area contributed by atoms with E-state index in [1.807, 2.05) is 20.8 Å². The summed E-state index contributed by atoms with van der Waals surface area (Å²) in [7, 11) is 0. The van der Waals surface area contributed by atoms with Crippen LogP contribution in [0.2, 0.25) is 0 Å².